The Labute approximate surface area is 153 Å². The first-order valence-corrected chi connectivity index (χ1v) is 9.44. The van der Waals surface area contributed by atoms with Crippen molar-refractivity contribution in [2.75, 3.05) is 0 Å². The molecule has 0 aliphatic heterocycles. The molecule has 0 saturated carbocycles. The molecule has 0 bridgehead atoms. The lowest BCUT2D eigenvalue weighted by Crippen LogP contribution is -2.20. The van der Waals surface area contributed by atoms with Gasteiger partial charge in [0.2, 0.25) is 15.3 Å². The number of hydrogen-bond donors (Lipinski definition) is 1. The van der Waals surface area contributed by atoms with E-state index in [1.54, 1.807) is 26.0 Å². The second-order valence-corrected chi connectivity index (χ2v) is 7.79. The van der Waals surface area contributed by atoms with Crippen LogP contribution in [0.15, 0.2) is 51.2 Å². The van der Waals surface area contributed by atoms with Crippen LogP contribution in [0.5, 0.6) is 0 Å². The first-order chi connectivity index (χ1) is 12.7. The number of hydrogen-bond acceptors (Lipinski definition) is 5. The van der Waals surface area contributed by atoms with Crippen molar-refractivity contribution in [3.63, 3.8) is 0 Å². The molecule has 0 amide bonds. The molecule has 0 atom stereocenters. The number of aromatic nitrogens is 2. The van der Waals surface area contributed by atoms with E-state index in [2.05, 4.69) is 4.98 Å². The average Bonchev–Trinajstić information content (AvgIpc) is 2.62. The van der Waals surface area contributed by atoms with E-state index in [1.165, 1.54) is 16.7 Å². The zero-order valence-electron chi connectivity index (χ0n) is 14.4. The number of aromatic carboxylic acids is 1. The van der Waals surface area contributed by atoms with Gasteiger partial charge in [-0.1, -0.05) is 17.7 Å². The van der Waals surface area contributed by atoms with Crippen LogP contribution < -0.4 is 5.43 Å². The summed E-state index contributed by atoms with van der Waals surface area (Å²) in [5, 5.41) is 8.04. The van der Waals surface area contributed by atoms with Gasteiger partial charge in [-0.25, -0.2) is 22.6 Å². The Balaban J connectivity index is 2.35. The summed E-state index contributed by atoms with van der Waals surface area (Å²) in [6, 6.07) is 6.57. The summed E-state index contributed by atoms with van der Waals surface area (Å²) in [6.45, 7) is 3.65. The van der Waals surface area contributed by atoms with Crippen molar-refractivity contribution in [1.29, 1.82) is 0 Å². The minimum absolute atomic E-state index is 0.0976. The maximum atomic E-state index is 14.6. The number of aryl methyl sites for hydroxylation is 2. The van der Waals surface area contributed by atoms with Crippen molar-refractivity contribution < 1.29 is 22.7 Å². The van der Waals surface area contributed by atoms with Crippen LogP contribution in [0, 0.1) is 12.7 Å². The van der Waals surface area contributed by atoms with Gasteiger partial charge in [0, 0.05) is 12.7 Å². The number of halogens is 1. The van der Waals surface area contributed by atoms with Crippen LogP contribution in [0.25, 0.3) is 11.0 Å². The van der Waals surface area contributed by atoms with Gasteiger partial charge in [0.05, 0.1) is 10.3 Å². The number of sulfone groups is 1. The van der Waals surface area contributed by atoms with Crippen molar-refractivity contribution in [2.45, 2.75) is 30.3 Å². The number of carboxylic acid groups (broad SMARTS) is 1. The van der Waals surface area contributed by atoms with Gasteiger partial charge in [-0.15, -0.1) is 0 Å². The Hall–Kier alpha value is -3.07. The molecule has 0 spiro atoms. The molecule has 1 N–H and O–H groups in total. The first kappa shape index (κ1) is 18.7. The highest BCUT2D eigenvalue weighted by molar-refractivity contribution is 7.91. The molecule has 1 aromatic carbocycles. The Kier molecular flexibility index (Phi) is 4.56. The van der Waals surface area contributed by atoms with E-state index in [0.29, 0.717) is 0 Å². The number of pyridine rings is 2. The molecular formula is C18H15FN2O5S. The lowest BCUT2D eigenvalue weighted by atomic mass is 10.2. The zero-order chi connectivity index (χ0) is 19.9. The Bertz CT molecular complexity index is 1230. The Morgan fingerprint density at radius 2 is 1.89 bits per heavy atom. The summed E-state index contributed by atoms with van der Waals surface area (Å²) in [4.78, 5) is 27.3. The van der Waals surface area contributed by atoms with Gasteiger partial charge in [-0.3, -0.25) is 4.79 Å². The number of nitrogens with zero attached hydrogens (tertiary/aromatic N) is 2. The maximum absolute atomic E-state index is 14.6. The third-order valence-electron chi connectivity index (χ3n) is 4.13. The average molecular weight is 390 g/mol. The molecule has 140 valence electrons. The summed E-state index contributed by atoms with van der Waals surface area (Å²) in [5.41, 5.74) is -0.728. The quantitative estimate of drug-likeness (QED) is 0.733. The van der Waals surface area contributed by atoms with Crippen molar-refractivity contribution in [1.82, 2.24) is 9.55 Å². The molecule has 0 aliphatic rings. The van der Waals surface area contributed by atoms with Gasteiger partial charge in [-0.05, 0) is 32.0 Å². The van der Waals surface area contributed by atoms with Crippen molar-refractivity contribution in [3.8, 4) is 0 Å². The molecule has 3 rings (SSSR count). The minimum Gasteiger partial charge on any atom is -0.477 e. The lowest BCUT2D eigenvalue weighted by Gasteiger charge is -2.12. The molecule has 0 aliphatic carbocycles. The van der Waals surface area contributed by atoms with E-state index >= 15 is 0 Å². The fraction of sp³-hybridized carbons (Fsp3) is 0.167. The largest absolute Gasteiger partial charge is 0.477 e. The molecule has 2 heterocycles. The fourth-order valence-electron chi connectivity index (χ4n) is 2.68. The highest BCUT2D eigenvalue weighted by atomic mass is 32.2. The van der Waals surface area contributed by atoms with Crippen LogP contribution in [0.1, 0.15) is 22.8 Å². The lowest BCUT2D eigenvalue weighted by molar-refractivity contribution is 0.0695. The number of carbonyl (C=O) groups is 1. The second kappa shape index (κ2) is 6.58. The van der Waals surface area contributed by atoms with E-state index in [0.717, 1.165) is 17.8 Å². The minimum atomic E-state index is -4.26. The van der Waals surface area contributed by atoms with Crippen LogP contribution in [0.4, 0.5) is 4.39 Å². The van der Waals surface area contributed by atoms with Crippen LogP contribution >= 0.6 is 0 Å². The van der Waals surface area contributed by atoms with Crippen LogP contribution in [0.3, 0.4) is 0 Å². The van der Waals surface area contributed by atoms with Gasteiger partial charge in [0.25, 0.3) is 0 Å². The molecule has 9 heteroatoms. The normalized spacial score (nSPS) is 11.7. The van der Waals surface area contributed by atoms with Crippen molar-refractivity contribution in [3.05, 3.63) is 63.7 Å². The third-order valence-corrected chi connectivity index (χ3v) is 5.82. The third kappa shape index (κ3) is 3.10. The smallest absolute Gasteiger partial charge is 0.341 e. The van der Waals surface area contributed by atoms with Gasteiger partial charge in [0.1, 0.15) is 11.2 Å². The number of rotatable bonds is 4. The molecular weight excluding hydrogens is 375 g/mol. The highest BCUT2D eigenvalue weighted by Gasteiger charge is 2.26. The molecule has 0 unspecified atom stereocenters. The molecule has 0 saturated heterocycles. The molecule has 7 nitrogen and oxygen atoms in total. The molecule has 27 heavy (non-hydrogen) atoms. The predicted octanol–water partition coefficient (Wildman–Crippen LogP) is 2.39. The van der Waals surface area contributed by atoms with E-state index in [1.807, 2.05) is 0 Å². The summed E-state index contributed by atoms with van der Waals surface area (Å²) < 4.78 is 41.5. The Morgan fingerprint density at radius 3 is 2.44 bits per heavy atom. The first-order valence-electron chi connectivity index (χ1n) is 7.95. The van der Waals surface area contributed by atoms with Crippen LogP contribution in [0.2, 0.25) is 0 Å². The van der Waals surface area contributed by atoms with Crippen molar-refractivity contribution in [2.24, 2.45) is 0 Å². The summed E-state index contributed by atoms with van der Waals surface area (Å²) in [6.07, 6.45) is 1.07. The fourth-order valence-corrected chi connectivity index (χ4v) is 3.92. The molecule has 0 radical (unpaired) electrons. The number of benzene rings is 1. The van der Waals surface area contributed by atoms with Crippen LogP contribution in [-0.2, 0) is 16.4 Å². The molecule has 3 aromatic rings. The van der Waals surface area contributed by atoms with Gasteiger partial charge < -0.3 is 9.67 Å². The van der Waals surface area contributed by atoms with Crippen molar-refractivity contribution >= 4 is 26.8 Å². The second-order valence-electron chi connectivity index (χ2n) is 5.93. The van der Waals surface area contributed by atoms with Gasteiger partial charge >= 0.3 is 5.97 Å². The number of fused-ring (bicyclic) bond motifs is 1. The monoisotopic (exact) mass is 390 g/mol. The maximum Gasteiger partial charge on any atom is 0.341 e. The van der Waals surface area contributed by atoms with E-state index < -0.39 is 37.6 Å². The van der Waals surface area contributed by atoms with E-state index in [9.17, 15) is 22.4 Å². The van der Waals surface area contributed by atoms with E-state index in [4.69, 9.17) is 5.11 Å². The van der Waals surface area contributed by atoms with E-state index in [-0.39, 0.29) is 22.5 Å². The SMILES string of the molecule is CCn1cc(C(=O)O)c(=O)c2cc(F)c(S(=O)(=O)c3ccc(C)cc3)nc21. The highest BCUT2D eigenvalue weighted by Crippen LogP contribution is 2.24. The molecule has 0 fully saturated rings. The number of carboxylic acids is 1. The standard InChI is InChI=1S/C18H15FN2O5S/c1-3-21-9-13(18(23)24)15(22)12-8-14(19)17(20-16(12)21)27(25,26)11-6-4-10(2)5-7-11/h4-9H,3H2,1-2H3,(H,23,24). The summed E-state index contributed by atoms with van der Waals surface area (Å²) in [7, 11) is -4.26. The van der Waals surface area contributed by atoms with Gasteiger partial charge in [-0.2, -0.15) is 0 Å². The molecule has 2 aromatic heterocycles. The predicted molar refractivity (Wildman–Crippen MR) is 95.2 cm³/mol. The summed E-state index contributed by atoms with van der Waals surface area (Å²) >= 11 is 0. The van der Waals surface area contributed by atoms with Crippen LogP contribution in [-0.4, -0.2) is 29.0 Å². The van der Waals surface area contributed by atoms with Gasteiger partial charge in [0.15, 0.2) is 10.8 Å². The Morgan fingerprint density at radius 1 is 1.26 bits per heavy atom. The topological polar surface area (TPSA) is 106 Å². The summed E-state index contributed by atoms with van der Waals surface area (Å²) in [5.74, 6) is -2.67. The zero-order valence-corrected chi connectivity index (χ0v) is 15.2.